The lowest BCUT2D eigenvalue weighted by Gasteiger charge is -2.17. The van der Waals surface area contributed by atoms with Gasteiger partial charge in [0, 0.05) is 11.8 Å². The summed E-state index contributed by atoms with van der Waals surface area (Å²) in [6, 6.07) is 1.29. The summed E-state index contributed by atoms with van der Waals surface area (Å²) in [6.45, 7) is 3.16. The Labute approximate surface area is 173 Å². The van der Waals surface area contributed by atoms with Crippen LogP contribution in [-0.4, -0.2) is 25.4 Å². The number of amides is 2. The number of fused-ring (bicyclic) bond motifs is 2. The van der Waals surface area contributed by atoms with E-state index >= 15 is 0 Å². The average molecular weight is 437 g/mol. The third-order valence-corrected chi connectivity index (χ3v) is 8.45. The molecule has 4 rings (SSSR count). The average Bonchev–Trinajstić information content (AvgIpc) is 3.33. The number of carbonyl (C=O) groups is 1. The molecule has 2 aliphatic rings. The molecule has 10 heteroatoms. The van der Waals surface area contributed by atoms with Gasteiger partial charge in [0.1, 0.15) is 0 Å². The van der Waals surface area contributed by atoms with E-state index in [-0.39, 0.29) is 4.34 Å². The molecule has 1 heterocycles. The van der Waals surface area contributed by atoms with Crippen LogP contribution in [0, 0.1) is 0 Å². The first-order valence-corrected chi connectivity index (χ1v) is 11.9. The van der Waals surface area contributed by atoms with Crippen LogP contribution in [0.4, 0.5) is 10.5 Å². The standard InChI is InChI=1S/C19H24N4O4S2/c1-19(2,26)14-9-21-18(28-14)29(20,27)23-17(25)22-16-12-5-3-4-10(12)8-11-6-7-13(24)15(11)16/h8-9,13,24,26H,3-7H2,1-2H3,(H3,20,22,23,25,27)/t13-,29?/m1/s1. The third-order valence-electron chi connectivity index (χ3n) is 5.33. The summed E-state index contributed by atoms with van der Waals surface area (Å²) in [6.07, 6.45) is 4.85. The van der Waals surface area contributed by atoms with Gasteiger partial charge in [0.05, 0.1) is 22.3 Å². The third kappa shape index (κ3) is 3.82. The van der Waals surface area contributed by atoms with Crippen molar-refractivity contribution in [3.8, 4) is 0 Å². The minimum absolute atomic E-state index is 0.0201. The maximum atomic E-state index is 12.8. The highest BCUT2D eigenvalue weighted by Crippen LogP contribution is 2.43. The molecule has 0 spiro atoms. The Morgan fingerprint density at radius 2 is 2.14 bits per heavy atom. The topological polar surface area (TPSA) is 138 Å². The number of hydrogen-bond acceptors (Lipinski definition) is 6. The molecule has 1 aromatic heterocycles. The molecule has 0 aliphatic heterocycles. The number of benzene rings is 1. The normalized spacial score (nSPS) is 20.1. The summed E-state index contributed by atoms with van der Waals surface area (Å²) >= 11 is 0.960. The van der Waals surface area contributed by atoms with Crippen LogP contribution in [0.15, 0.2) is 21.0 Å². The largest absolute Gasteiger partial charge is 0.388 e. The predicted molar refractivity (Wildman–Crippen MR) is 111 cm³/mol. The monoisotopic (exact) mass is 436 g/mol. The van der Waals surface area contributed by atoms with E-state index in [9.17, 15) is 19.2 Å². The van der Waals surface area contributed by atoms with Crippen molar-refractivity contribution in [2.24, 2.45) is 9.50 Å². The smallest absolute Gasteiger partial charge is 0.354 e. The zero-order valence-electron chi connectivity index (χ0n) is 16.3. The highest BCUT2D eigenvalue weighted by atomic mass is 32.2. The van der Waals surface area contributed by atoms with Gasteiger partial charge in [-0.05, 0) is 62.6 Å². The van der Waals surface area contributed by atoms with Crippen LogP contribution in [0.1, 0.15) is 59.9 Å². The minimum Gasteiger partial charge on any atom is -0.388 e. The van der Waals surface area contributed by atoms with Crippen LogP contribution >= 0.6 is 11.3 Å². The quantitative estimate of drug-likeness (QED) is 0.586. The number of anilines is 1. The van der Waals surface area contributed by atoms with E-state index in [0.29, 0.717) is 17.0 Å². The van der Waals surface area contributed by atoms with Crippen molar-refractivity contribution in [1.29, 1.82) is 0 Å². The lowest BCUT2D eigenvalue weighted by atomic mass is 9.98. The van der Waals surface area contributed by atoms with Crippen molar-refractivity contribution < 1.29 is 19.2 Å². The maximum absolute atomic E-state index is 12.8. The molecule has 0 bridgehead atoms. The molecule has 156 valence electrons. The van der Waals surface area contributed by atoms with Crippen molar-refractivity contribution >= 4 is 33.0 Å². The Kier molecular flexibility index (Phi) is 5.02. The predicted octanol–water partition coefficient (Wildman–Crippen LogP) is 2.77. The molecule has 2 aromatic rings. The fraction of sp³-hybridized carbons (Fsp3) is 0.474. The van der Waals surface area contributed by atoms with Gasteiger partial charge in [0.25, 0.3) is 0 Å². The number of aryl methyl sites for hydroxylation is 2. The second-order valence-electron chi connectivity index (χ2n) is 8.01. The Hall–Kier alpha value is -1.85. The van der Waals surface area contributed by atoms with Gasteiger partial charge in [-0.1, -0.05) is 6.07 Å². The summed E-state index contributed by atoms with van der Waals surface area (Å²) in [4.78, 5) is 17.1. The molecule has 0 fully saturated rings. The maximum Gasteiger partial charge on any atom is 0.354 e. The number of aliphatic hydroxyl groups is 2. The molecule has 5 N–H and O–H groups in total. The summed E-state index contributed by atoms with van der Waals surface area (Å²) in [5, 5.41) is 29.0. The van der Waals surface area contributed by atoms with Crippen LogP contribution in [0.3, 0.4) is 0 Å². The first-order chi connectivity index (χ1) is 13.6. The fourth-order valence-corrected chi connectivity index (χ4v) is 6.04. The van der Waals surface area contributed by atoms with Crippen molar-refractivity contribution in [2.45, 2.75) is 62.0 Å². The number of aliphatic hydroxyl groups excluding tert-OH is 1. The molecule has 8 nitrogen and oxygen atoms in total. The fourth-order valence-electron chi connectivity index (χ4n) is 3.96. The summed E-state index contributed by atoms with van der Waals surface area (Å²) in [5.41, 5.74) is 3.38. The molecule has 2 atom stereocenters. The SMILES string of the molecule is CC(C)(O)c1cnc(S(N)(=O)=NC(=O)Nc2c3c(cc4c2[C@H](O)CC4)CCC3)s1. The van der Waals surface area contributed by atoms with E-state index in [0.717, 1.165) is 53.7 Å². The highest BCUT2D eigenvalue weighted by molar-refractivity contribution is 7.93. The van der Waals surface area contributed by atoms with Gasteiger partial charge in [0.2, 0.25) is 4.34 Å². The summed E-state index contributed by atoms with van der Waals surface area (Å²) in [7, 11) is -3.56. The number of hydrogen-bond donors (Lipinski definition) is 4. The molecular weight excluding hydrogens is 412 g/mol. The van der Waals surface area contributed by atoms with Gasteiger partial charge in [-0.15, -0.1) is 15.7 Å². The van der Waals surface area contributed by atoms with Crippen LogP contribution in [0.25, 0.3) is 0 Å². The van der Waals surface area contributed by atoms with Crippen LogP contribution in [0.2, 0.25) is 0 Å². The molecule has 1 unspecified atom stereocenters. The van der Waals surface area contributed by atoms with E-state index in [2.05, 4.69) is 20.7 Å². The van der Waals surface area contributed by atoms with E-state index in [4.69, 9.17) is 5.14 Å². The van der Waals surface area contributed by atoms with E-state index < -0.39 is 27.7 Å². The van der Waals surface area contributed by atoms with Crippen LogP contribution in [-0.2, 0) is 34.8 Å². The summed E-state index contributed by atoms with van der Waals surface area (Å²) < 4.78 is 16.5. The number of nitrogens with zero attached hydrogens (tertiary/aromatic N) is 2. The number of nitrogens with one attached hydrogen (secondary N) is 1. The first-order valence-electron chi connectivity index (χ1n) is 9.46. The van der Waals surface area contributed by atoms with Crippen LogP contribution < -0.4 is 10.5 Å². The van der Waals surface area contributed by atoms with Crippen LogP contribution in [0.5, 0.6) is 0 Å². The van der Waals surface area contributed by atoms with Gasteiger partial charge in [-0.25, -0.2) is 19.1 Å². The molecule has 0 radical (unpaired) electrons. The van der Waals surface area contributed by atoms with Crippen molar-refractivity contribution in [1.82, 2.24) is 4.98 Å². The highest BCUT2D eigenvalue weighted by Gasteiger charge is 2.30. The molecule has 0 saturated carbocycles. The number of aromatic nitrogens is 1. The van der Waals surface area contributed by atoms with Gasteiger partial charge >= 0.3 is 6.03 Å². The second-order valence-corrected chi connectivity index (χ2v) is 11.0. The van der Waals surface area contributed by atoms with Gasteiger partial charge < -0.3 is 15.5 Å². The molecule has 29 heavy (non-hydrogen) atoms. The van der Waals surface area contributed by atoms with Gasteiger partial charge in [0.15, 0.2) is 9.92 Å². The van der Waals surface area contributed by atoms with Crippen molar-refractivity contribution in [3.63, 3.8) is 0 Å². The number of thiazole rings is 1. The zero-order valence-corrected chi connectivity index (χ0v) is 17.9. The number of carbonyl (C=O) groups excluding carboxylic acids is 1. The van der Waals surface area contributed by atoms with E-state index in [1.54, 1.807) is 13.8 Å². The van der Waals surface area contributed by atoms with E-state index in [1.165, 1.54) is 11.8 Å². The lowest BCUT2D eigenvalue weighted by molar-refractivity contribution is 0.0823. The molecule has 2 amide bonds. The molecule has 2 aliphatic carbocycles. The minimum atomic E-state index is -3.56. The molecule has 0 saturated heterocycles. The first kappa shape index (κ1) is 20.4. The lowest BCUT2D eigenvalue weighted by Crippen LogP contribution is -2.19. The van der Waals surface area contributed by atoms with Crippen molar-refractivity contribution in [3.05, 3.63) is 39.4 Å². The Bertz CT molecular complexity index is 1110. The molecular formula is C19H24N4O4S2. The summed E-state index contributed by atoms with van der Waals surface area (Å²) in [5.74, 6) is 0. The van der Waals surface area contributed by atoms with Gasteiger partial charge in [-0.2, -0.15) is 0 Å². The van der Waals surface area contributed by atoms with Gasteiger partial charge in [-0.3, -0.25) is 0 Å². The number of nitrogens with two attached hydrogens (primary N) is 1. The Balaban J connectivity index is 1.67. The number of rotatable bonds is 3. The van der Waals surface area contributed by atoms with Crippen molar-refractivity contribution in [2.75, 3.05) is 5.32 Å². The Morgan fingerprint density at radius 3 is 2.83 bits per heavy atom. The number of urea groups is 1. The second kappa shape index (κ2) is 7.13. The van der Waals surface area contributed by atoms with E-state index in [1.807, 2.05) is 0 Å². The zero-order chi connectivity index (χ0) is 21.0. The molecule has 1 aromatic carbocycles. The Morgan fingerprint density at radius 1 is 1.38 bits per heavy atom.